The molecule has 0 aromatic rings. The van der Waals surface area contributed by atoms with E-state index in [4.69, 9.17) is 0 Å². The maximum atomic E-state index is 9.44. The molecule has 3 nitrogen and oxygen atoms in total. The van der Waals surface area contributed by atoms with Crippen LogP contribution in [0, 0.1) is 0 Å². The molecule has 0 aromatic heterocycles. The summed E-state index contributed by atoms with van der Waals surface area (Å²) in [7, 11) is 0. The Hall–Kier alpha value is -0.410. The lowest BCUT2D eigenvalue weighted by molar-refractivity contribution is -0.114. The summed E-state index contributed by atoms with van der Waals surface area (Å²) in [6.45, 7) is 3.06. The van der Waals surface area contributed by atoms with Crippen LogP contribution in [0.1, 0.15) is 13.8 Å². The molecule has 6 N–H and O–H groups in total. The zero-order valence-corrected chi connectivity index (χ0v) is 4.32. The summed E-state index contributed by atoms with van der Waals surface area (Å²) in [5.41, 5.74) is 0. The summed E-state index contributed by atoms with van der Waals surface area (Å²) in [4.78, 5) is 9.44. The lowest BCUT2D eigenvalue weighted by atomic mass is 10.6. The fourth-order valence-corrected chi connectivity index (χ4v) is 0. The molecule has 0 atom stereocenters. The lowest BCUT2D eigenvalue weighted by Gasteiger charge is -1.56. The van der Waals surface area contributed by atoms with Gasteiger partial charge in [0.05, 0.1) is 0 Å². The number of carbonyl (C=O) groups is 1. The highest BCUT2D eigenvalue weighted by atomic mass is 16.1. The molecule has 0 spiro atoms. The Morgan fingerprint density at radius 1 is 1.17 bits per heavy atom. The third-order valence-electron chi connectivity index (χ3n) is 0. The maximum absolute atomic E-state index is 9.44. The number of rotatable bonds is 0. The summed E-state index contributed by atoms with van der Waals surface area (Å²) < 4.78 is 0. The van der Waals surface area contributed by atoms with Crippen LogP contribution in [-0.2, 0) is 4.79 Å². The summed E-state index contributed by atoms with van der Waals surface area (Å²) in [5.74, 6) is 0.167. The van der Waals surface area contributed by atoms with Crippen molar-refractivity contribution in [2.45, 2.75) is 13.8 Å². The van der Waals surface area contributed by atoms with Crippen molar-refractivity contribution < 1.29 is 4.79 Å². The van der Waals surface area contributed by atoms with Crippen LogP contribution in [0.25, 0.3) is 0 Å². The van der Waals surface area contributed by atoms with Crippen LogP contribution < -0.4 is 12.3 Å². The molecule has 0 rings (SSSR count). The minimum absolute atomic E-state index is 0. The van der Waals surface area contributed by atoms with Crippen molar-refractivity contribution in [1.82, 2.24) is 12.3 Å². The largest absolute Gasteiger partial charge is 0.344 e. The molecule has 40 valence electrons. The van der Waals surface area contributed by atoms with Crippen molar-refractivity contribution in [2.75, 3.05) is 0 Å². The second-order valence-electron chi connectivity index (χ2n) is 0.908. The van der Waals surface area contributed by atoms with E-state index in [2.05, 4.69) is 0 Å². The lowest BCUT2D eigenvalue weighted by Crippen LogP contribution is -1.69. The standard InChI is InChI=1S/C3H6O.2H3N/c1-3(2)4;;/h1-2H3;2*1H3. The molecular weight excluding hydrogens is 80.0 g/mol. The number of Topliss-reactive ketones (excluding diaryl/α,β-unsaturated/α-hetero) is 1. The van der Waals surface area contributed by atoms with Gasteiger partial charge in [0.1, 0.15) is 5.78 Å². The third kappa shape index (κ3) is 143. The first-order valence-electron chi connectivity index (χ1n) is 1.20. The van der Waals surface area contributed by atoms with Gasteiger partial charge in [-0.2, -0.15) is 0 Å². The van der Waals surface area contributed by atoms with Crippen molar-refractivity contribution in [2.24, 2.45) is 0 Å². The minimum atomic E-state index is 0. The normalized spacial score (nSPS) is 4.33. The molecule has 6 heavy (non-hydrogen) atoms. The van der Waals surface area contributed by atoms with E-state index in [-0.39, 0.29) is 18.1 Å². The van der Waals surface area contributed by atoms with Crippen LogP contribution in [0.5, 0.6) is 0 Å². The molecule has 0 saturated carbocycles. The van der Waals surface area contributed by atoms with Crippen molar-refractivity contribution in [3.63, 3.8) is 0 Å². The van der Waals surface area contributed by atoms with E-state index >= 15 is 0 Å². The molecule has 0 saturated heterocycles. The number of hydrogen-bond acceptors (Lipinski definition) is 3. The van der Waals surface area contributed by atoms with Gasteiger partial charge in [0.25, 0.3) is 0 Å². The van der Waals surface area contributed by atoms with Gasteiger partial charge in [0, 0.05) is 0 Å². The van der Waals surface area contributed by atoms with Crippen LogP contribution in [-0.4, -0.2) is 5.78 Å². The van der Waals surface area contributed by atoms with Gasteiger partial charge in [-0.15, -0.1) is 0 Å². The van der Waals surface area contributed by atoms with Crippen molar-refractivity contribution in [3.05, 3.63) is 0 Å². The minimum Gasteiger partial charge on any atom is -0.344 e. The fraction of sp³-hybridized carbons (Fsp3) is 0.667. The predicted molar refractivity (Wildman–Crippen MR) is 26.4 cm³/mol. The number of ketones is 1. The van der Waals surface area contributed by atoms with Crippen molar-refractivity contribution in [1.29, 1.82) is 0 Å². The molecular formula is C3H12N2O. The first-order chi connectivity index (χ1) is 1.73. The zero-order chi connectivity index (χ0) is 3.58. The van der Waals surface area contributed by atoms with E-state index in [1.54, 1.807) is 0 Å². The van der Waals surface area contributed by atoms with Gasteiger partial charge in [-0.05, 0) is 13.8 Å². The topological polar surface area (TPSA) is 87.1 Å². The van der Waals surface area contributed by atoms with Gasteiger partial charge in [0.15, 0.2) is 0 Å². The smallest absolute Gasteiger partial charge is 0.126 e. The van der Waals surface area contributed by atoms with Gasteiger partial charge in [-0.25, -0.2) is 0 Å². The van der Waals surface area contributed by atoms with Crippen LogP contribution in [0.3, 0.4) is 0 Å². The van der Waals surface area contributed by atoms with E-state index in [1.165, 1.54) is 13.8 Å². The van der Waals surface area contributed by atoms with Gasteiger partial charge < -0.3 is 17.1 Å². The number of carbonyl (C=O) groups excluding carboxylic acids is 1. The average Bonchev–Trinajstić information content (AvgIpc) is 0.811. The van der Waals surface area contributed by atoms with E-state index in [9.17, 15) is 4.79 Å². The van der Waals surface area contributed by atoms with Crippen LogP contribution in [0.15, 0.2) is 0 Å². The summed E-state index contributed by atoms with van der Waals surface area (Å²) >= 11 is 0. The molecule has 0 radical (unpaired) electrons. The van der Waals surface area contributed by atoms with E-state index < -0.39 is 0 Å². The first kappa shape index (κ1) is 17.6. The SMILES string of the molecule is CC(C)=O.N.N. The molecule has 0 heterocycles. The molecule has 3 heteroatoms. The first-order valence-corrected chi connectivity index (χ1v) is 1.20. The summed E-state index contributed by atoms with van der Waals surface area (Å²) in [6.07, 6.45) is 0. The number of hydrogen-bond donors (Lipinski definition) is 2. The van der Waals surface area contributed by atoms with Crippen LogP contribution >= 0.6 is 0 Å². The van der Waals surface area contributed by atoms with Crippen LogP contribution in [0.4, 0.5) is 0 Å². The van der Waals surface area contributed by atoms with Crippen molar-refractivity contribution >= 4 is 5.78 Å². The van der Waals surface area contributed by atoms with Gasteiger partial charge in [0.2, 0.25) is 0 Å². The average molecular weight is 92.1 g/mol. The third-order valence-corrected chi connectivity index (χ3v) is 0. The van der Waals surface area contributed by atoms with Gasteiger partial charge in [-0.3, -0.25) is 0 Å². The molecule has 0 aromatic carbocycles. The zero-order valence-electron chi connectivity index (χ0n) is 4.32. The molecule has 0 aliphatic rings. The van der Waals surface area contributed by atoms with Crippen LogP contribution in [0.2, 0.25) is 0 Å². The maximum Gasteiger partial charge on any atom is 0.126 e. The summed E-state index contributed by atoms with van der Waals surface area (Å²) in [5, 5.41) is 0. The Labute approximate surface area is 37.9 Å². The second kappa shape index (κ2) is 8.82. The monoisotopic (exact) mass is 92.1 g/mol. The highest BCUT2D eigenvalue weighted by Gasteiger charge is 1.62. The highest BCUT2D eigenvalue weighted by Crippen LogP contribution is 1.50. The Morgan fingerprint density at radius 3 is 1.17 bits per heavy atom. The predicted octanol–water partition coefficient (Wildman–Crippen LogP) is 0.919. The second-order valence-corrected chi connectivity index (χ2v) is 0.908. The summed E-state index contributed by atoms with van der Waals surface area (Å²) in [6, 6.07) is 0. The van der Waals surface area contributed by atoms with Crippen molar-refractivity contribution in [3.8, 4) is 0 Å². The molecule has 0 amide bonds. The van der Waals surface area contributed by atoms with Gasteiger partial charge in [-0.1, -0.05) is 0 Å². The van der Waals surface area contributed by atoms with E-state index in [0.717, 1.165) is 0 Å². The molecule has 0 unspecified atom stereocenters. The Morgan fingerprint density at radius 2 is 1.17 bits per heavy atom. The highest BCUT2D eigenvalue weighted by molar-refractivity contribution is 5.72. The quantitative estimate of drug-likeness (QED) is 0.465. The van der Waals surface area contributed by atoms with E-state index in [1.807, 2.05) is 0 Å². The molecule has 0 aliphatic heterocycles. The molecule has 0 bridgehead atoms. The Bertz CT molecular complexity index is 31.8. The Kier molecular flexibility index (Phi) is 25.8. The Balaban J connectivity index is -0.0000000450. The molecule has 0 aliphatic carbocycles. The van der Waals surface area contributed by atoms with Gasteiger partial charge >= 0.3 is 0 Å². The fourth-order valence-electron chi connectivity index (χ4n) is 0. The molecule has 0 fully saturated rings. The van der Waals surface area contributed by atoms with E-state index in [0.29, 0.717) is 0 Å².